The number of aliphatic hydroxyl groups is 1. The van der Waals surface area contributed by atoms with Gasteiger partial charge in [-0.15, -0.1) is 0 Å². The minimum absolute atomic E-state index is 0.0278. The number of benzene rings is 1. The minimum atomic E-state index is -1.39. The fourth-order valence-electron chi connectivity index (χ4n) is 3.66. The van der Waals surface area contributed by atoms with Crippen molar-refractivity contribution in [3.63, 3.8) is 0 Å². The SMILES string of the molecule is C=C(/C=C\C(=C/C)c1ccccc1/C(=N/N)NN)Cn1c(CCC)nc(C(C)(C)O)c1C(=O)O. The van der Waals surface area contributed by atoms with Gasteiger partial charge < -0.3 is 26.0 Å². The van der Waals surface area contributed by atoms with Crippen LogP contribution in [0.15, 0.2) is 59.7 Å². The summed E-state index contributed by atoms with van der Waals surface area (Å²) in [4.78, 5) is 16.5. The number of carboxylic acid groups (broad SMARTS) is 1. The molecule has 0 aliphatic heterocycles. The monoisotopic (exact) mass is 466 g/mol. The zero-order chi connectivity index (χ0) is 25.5. The second-order valence-corrected chi connectivity index (χ2v) is 8.33. The molecule has 0 spiro atoms. The average molecular weight is 467 g/mol. The molecule has 0 bridgehead atoms. The maximum atomic E-state index is 12.1. The van der Waals surface area contributed by atoms with E-state index in [2.05, 4.69) is 22.1 Å². The Bertz CT molecular complexity index is 1140. The molecule has 182 valence electrons. The highest BCUT2D eigenvalue weighted by atomic mass is 16.4. The summed E-state index contributed by atoms with van der Waals surface area (Å²) in [5.74, 6) is 10.8. The normalized spacial score (nSPS) is 12.9. The Morgan fingerprint density at radius 3 is 2.44 bits per heavy atom. The van der Waals surface area contributed by atoms with E-state index in [1.165, 1.54) is 13.8 Å². The van der Waals surface area contributed by atoms with Crippen molar-refractivity contribution in [3.05, 3.63) is 83.0 Å². The Balaban J connectivity index is 2.42. The van der Waals surface area contributed by atoms with Crippen LogP contribution in [-0.2, 0) is 18.6 Å². The number of hydrazone groups is 1. The number of nitrogens with one attached hydrogen (secondary N) is 1. The lowest BCUT2D eigenvalue weighted by molar-refractivity contribution is 0.0602. The zero-order valence-electron chi connectivity index (χ0n) is 20.2. The van der Waals surface area contributed by atoms with Crippen LogP contribution in [0.5, 0.6) is 0 Å². The molecule has 9 nitrogen and oxygen atoms in total. The summed E-state index contributed by atoms with van der Waals surface area (Å²) in [7, 11) is 0. The average Bonchev–Trinajstić information content (AvgIpc) is 3.15. The van der Waals surface area contributed by atoms with E-state index in [1.54, 1.807) is 4.57 Å². The lowest BCUT2D eigenvalue weighted by atomic mass is 9.97. The largest absolute Gasteiger partial charge is 0.477 e. The molecule has 34 heavy (non-hydrogen) atoms. The number of carboxylic acids is 1. The fraction of sp³-hybridized carbons (Fsp3) is 0.320. The summed E-state index contributed by atoms with van der Waals surface area (Å²) >= 11 is 0. The van der Waals surface area contributed by atoms with Gasteiger partial charge in [-0.3, -0.25) is 0 Å². The van der Waals surface area contributed by atoms with Gasteiger partial charge in [0.1, 0.15) is 17.1 Å². The van der Waals surface area contributed by atoms with Crippen LogP contribution in [0.4, 0.5) is 0 Å². The number of hydrogen-bond donors (Lipinski definition) is 5. The van der Waals surface area contributed by atoms with Gasteiger partial charge in [0.05, 0.1) is 0 Å². The Morgan fingerprint density at radius 1 is 1.29 bits per heavy atom. The topological polar surface area (TPSA) is 152 Å². The van der Waals surface area contributed by atoms with Crippen molar-refractivity contribution in [3.8, 4) is 0 Å². The molecule has 0 aliphatic carbocycles. The summed E-state index contributed by atoms with van der Waals surface area (Å²) in [5, 5.41) is 24.1. The van der Waals surface area contributed by atoms with Gasteiger partial charge in [0.2, 0.25) is 0 Å². The Hall–Kier alpha value is -3.69. The number of aryl methyl sites for hydroxylation is 1. The third kappa shape index (κ3) is 6.00. The van der Waals surface area contributed by atoms with Gasteiger partial charge in [-0.2, -0.15) is 5.10 Å². The molecule has 9 heteroatoms. The van der Waals surface area contributed by atoms with Crippen molar-refractivity contribution >= 4 is 17.4 Å². The molecule has 0 amide bonds. The highest BCUT2D eigenvalue weighted by Gasteiger charge is 2.31. The van der Waals surface area contributed by atoms with Crippen molar-refractivity contribution in [1.82, 2.24) is 15.0 Å². The number of carbonyl (C=O) groups is 1. The Kier molecular flexibility index (Phi) is 8.94. The number of aromatic carboxylic acids is 1. The van der Waals surface area contributed by atoms with E-state index in [9.17, 15) is 15.0 Å². The number of amidine groups is 1. The smallest absolute Gasteiger partial charge is 0.354 e. The summed E-state index contributed by atoms with van der Waals surface area (Å²) in [6.45, 7) is 11.3. The highest BCUT2D eigenvalue weighted by molar-refractivity contribution is 6.03. The molecule has 7 N–H and O–H groups in total. The standard InChI is InChI=1S/C25H34N6O3/c1-6-10-20-28-22(25(4,5)34)21(24(32)33)31(20)15-16(3)13-14-17(7-2)18-11-8-9-12-19(18)23(29-26)30-27/h7-9,11-14,34H,3,6,10,15,26-27H2,1-2,4-5H3,(H,29,30)(H,32,33)/b14-13-,17-7+. The Morgan fingerprint density at radius 2 is 1.94 bits per heavy atom. The number of hydrogen-bond acceptors (Lipinski definition) is 6. The number of imidazole rings is 1. The molecule has 0 atom stereocenters. The summed E-state index contributed by atoms with van der Waals surface area (Å²) in [6, 6.07) is 7.54. The molecule has 1 aromatic heterocycles. The van der Waals surface area contributed by atoms with E-state index in [0.29, 0.717) is 23.7 Å². The number of nitrogens with two attached hydrogens (primary N) is 2. The lowest BCUT2D eigenvalue weighted by Crippen LogP contribution is -2.32. The van der Waals surface area contributed by atoms with Crippen molar-refractivity contribution < 1.29 is 15.0 Å². The number of hydrazine groups is 1. The molecule has 2 aromatic rings. The second-order valence-electron chi connectivity index (χ2n) is 8.33. The first-order chi connectivity index (χ1) is 16.1. The summed E-state index contributed by atoms with van der Waals surface area (Å²) < 4.78 is 1.62. The van der Waals surface area contributed by atoms with Crippen LogP contribution in [0.25, 0.3) is 5.57 Å². The van der Waals surface area contributed by atoms with Crippen LogP contribution in [-0.4, -0.2) is 31.6 Å². The van der Waals surface area contributed by atoms with Gasteiger partial charge in [0.25, 0.3) is 0 Å². The van der Waals surface area contributed by atoms with Gasteiger partial charge in [-0.1, -0.05) is 56.0 Å². The third-order valence-corrected chi connectivity index (χ3v) is 5.23. The predicted molar refractivity (Wildman–Crippen MR) is 135 cm³/mol. The van der Waals surface area contributed by atoms with Gasteiger partial charge in [0, 0.05) is 18.5 Å². The fourth-order valence-corrected chi connectivity index (χ4v) is 3.66. The molecular weight excluding hydrogens is 432 g/mol. The molecule has 0 radical (unpaired) electrons. The van der Waals surface area contributed by atoms with Crippen LogP contribution >= 0.6 is 0 Å². The van der Waals surface area contributed by atoms with Crippen LogP contribution in [0.3, 0.4) is 0 Å². The maximum absolute atomic E-state index is 12.1. The number of nitrogens with zero attached hydrogens (tertiary/aromatic N) is 3. The highest BCUT2D eigenvalue weighted by Crippen LogP contribution is 2.26. The Labute approximate surface area is 200 Å². The second kappa shape index (κ2) is 11.4. The molecule has 0 aliphatic rings. The lowest BCUT2D eigenvalue weighted by Gasteiger charge is -2.16. The van der Waals surface area contributed by atoms with Crippen LogP contribution in [0.2, 0.25) is 0 Å². The van der Waals surface area contributed by atoms with Gasteiger partial charge >= 0.3 is 5.97 Å². The molecule has 0 unspecified atom stereocenters. The minimum Gasteiger partial charge on any atom is -0.477 e. The van der Waals surface area contributed by atoms with Gasteiger partial charge in [0.15, 0.2) is 11.5 Å². The van der Waals surface area contributed by atoms with E-state index < -0.39 is 11.6 Å². The quantitative estimate of drug-likeness (QED) is 0.119. The van der Waals surface area contributed by atoms with E-state index in [1.807, 2.05) is 56.3 Å². The maximum Gasteiger partial charge on any atom is 0.354 e. The van der Waals surface area contributed by atoms with Crippen LogP contribution in [0.1, 0.15) is 67.2 Å². The van der Waals surface area contributed by atoms with Crippen molar-refractivity contribution in [1.29, 1.82) is 0 Å². The van der Waals surface area contributed by atoms with E-state index >= 15 is 0 Å². The number of rotatable bonds is 10. The molecule has 1 aromatic carbocycles. The van der Waals surface area contributed by atoms with Gasteiger partial charge in [-0.05, 0) is 43.9 Å². The van der Waals surface area contributed by atoms with E-state index in [4.69, 9.17) is 11.7 Å². The number of allylic oxidation sites excluding steroid dienone is 5. The third-order valence-electron chi connectivity index (χ3n) is 5.23. The molecule has 0 fully saturated rings. The molecule has 0 saturated heterocycles. The molecule has 1 heterocycles. The van der Waals surface area contributed by atoms with Crippen LogP contribution in [0, 0.1) is 0 Å². The first-order valence-corrected chi connectivity index (χ1v) is 11.0. The van der Waals surface area contributed by atoms with Crippen molar-refractivity contribution in [2.75, 3.05) is 0 Å². The first-order valence-electron chi connectivity index (χ1n) is 11.0. The number of aromatic nitrogens is 2. The van der Waals surface area contributed by atoms with E-state index in [0.717, 1.165) is 23.1 Å². The van der Waals surface area contributed by atoms with Crippen molar-refractivity contribution in [2.45, 2.75) is 52.7 Å². The van der Waals surface area contributed by atoms with Crippen LogP contribution < -0.4 is 17.1 Å². The molecular formula is C25H34N6O3. The zero-order valence-corrected chi connectivity index (χ0v) is 20.2. The molecule has 0 saturated carbocycles. The summed E-state index contributed by atoms with van der Waals surface area (Å²) in [6.07, 6.45) is 7.01. The predicted octanol–water partition coefficient (Wildman–Crippen LogP) is 3.06. The van der Waals surface area contributed by atoms with Gasteiger partial charge in [-0.25, -0.2) is 15.6 Å². The van der Waals surface area contributed by atoms with E-state index in [-0.39, 0.29) is 17.9 Å². The first kappa shape index (κ1) is 26.6. The van der Waals surface area contributed by atoms with Crippen molar-refractivity contribution in [2.24, 2.45) is 16.8 Å². The molecule has 2 rings (SSSR count). The summed E-state index contributed by atoms with van der Waals surface area (Å²) in [5.41, 5.74) is 4.37.